The van der Waals surface area contributed by atoms with Crippen molar-refractivity contribution < 1.29 is 103 Å². The average molecular weight is 1360 g/mol. The Hall–Kier alpha value is -3.28. The smallest absolute Gasteiger partial charge is 0.0408 e. The van der Waals surface area contributed by atoms with E-state index in [2.05, 4.69) is 171 Å². The molecule has 0 saturated heterocycles. The number of benzene rings is 7. The first-order valence-corrected chi connectivity index (χ1v) is 27.4. The van der Waals surface area contributed by atoms with Crippen LogP contribution in [-0.2, 0) is 44.8 Å². The number of nitrogens with zero attached hydrogens (tertiary/aromatic N) is 1. The Morgan fingerprint density at radius 1 is 0.299 bits per heavy atom. The van der Waals surface area contributed by atoms with Gasteiger partial charge in [0.1, 0.15) is 0 Å². The van der Waals surface area contributed by atoms with Gasteiger partial charge in [-0.15, -0.1) is 20.5 Å². The zero-order chi connectivity index (χ0) is 47.6. The van der Waals surface area contributed by atoms with E-state index >= 15 is 0 Å². The maximum absolute atomic E-state index is 8.49. The third-order valence-electron chi connectivity index (χ3n) is 8.61. The van der Waals surface area contributed by atoms with Gasteiger partial charge in [0, 0.05) is 78.4 Å². The molecule has 1 aromatic heterocycles. The van der Waals surface area contributed by atoms with E-state index in [1.807, 2.05) is 91.0 Å². The van der Waals surface area contributed by atoms with E-state index < -0.39 is 42.9 Å². The van der Waals surface area contributed by atoms with E-state index in [0.717, 1.165) is 0 Å². The van der Waals surface area contributed by atoms with Crippen molar-refractivity contribution in [2.45, 2.75) is 0 Å². The maximum Gasteiger partial charge on any atom is 0.0408 e. The van der Waals surface area contributed by atoms with Gasteiger partial charge in [0.2, 0.25) is 0 Å². The molecule has 360 valence electrons. The van der Waals surface area contributed by atoms with Crippen molar-refractivity contribution in [3.8, 4) is 0 Å². The average Bonchev–Trinajstić information content (AvgIpc) is 3.31. The summed E-state index contributed by atoms with van der Waals surface area (Å²) in [6.07, 6.45) is 3.50. The molecular formula is C51H48Au2Cl2NO8P3-4. The molecule has 8 aromatic rings. The Morgan fingerprint density at radius 3 is 0.612 bits per heavy atom. The van der Waals surface area contributed by atoms with Crippen LogP contribution in [0.15, 0.2) is 243 Å². The van der Waals surface area contributed by atoms with Crippen LogP contribution < -0.4 is 74.4 Å². The molecular weight excluding hydrogens is 1310 g/mol. The zero-order valence-electron chi connectivity index (χ0n) is 35.8. The van der Waals surface area contributed by atoms with Gasteiger partial charge in [-0.2, -0.15) is 41.2 Å². The summed E-state index contributed by atoms with van der Waals surface area (Å²) >= 11 is 0. The quantitative estimate of drug-likeness (QED) is 0.129. The summed E-state index contributed by atoms with van der Waals surface area (Å²) in [4.78, 5) is 3.78. The largest absolute Gasteiger partial charge is 0.265 e. The monoisotopic (exact) mass is 1360 g/mol. The molecule has 0 bridgehead atoms. The molecule has 9 nitrogen and oxygen atoms in total. The third kappa shape index (κ3) is 25.8. The van der Waals surface area contributed by atoms with Crippen LogP contribution in [0.25, 0.3) is 0 Å². The minimum Gasteiger partial charge on any atom is -0.265 e. The van der Waals surface area contributed by atoms with Crippen molar-refractivity contribution in [2.75, 3.05) is 0 Å². The molecule has 16 heteroatoms. The Bertz CT molecular complexity index is 2110. The summed E-state index contributed by atoms with van der Waals surface area (Å²) in [7, 11) is -13.6. The minimum atomic E-state index is -4.94. The number of pyridine rings is 1. The molecule has 0 amide bonds. The van der Waals surface area contributed by atoms with Crippen LogP contribution in [0.3, 0.4) is 0 Å². The fourth-order valence-electron chi connectivity index (χ4n) is 5.64. The topological polar surface area (TPSA) is 197 Å². The molecule has 0 N–H and O–H groups in total. The Balaban J connectivity index is 0.000000429. The van der Waals surface area contributed by atoms with Crippen LogP contribution in [0, 0.1) is 47.1 Å². The second-order valence-electron chi connectivity index (χ2n) is 13.4. The van der Waals surface area contributed by atoms with E-state index in [0.29, 0.717) is 0 Å². The molecule has 2 radical (unpaired) electrons. The molecule has 0 aliphatic rings. The van der Waals surface area contributed by atoms with Gasteiger partial charge in [-0.3, -0.25) is 4.98 Å². The van der Waals surface area contributed by atoms with Crippen LogP contribution in [0.2, 0.25) is 0 Å². The number of hydrogen-bond donors (Lipinski definition) is 0. The summed E-state index contributed by atoms with van der Waals surface area (Å²) in [5.74, 6) is 0. The van der Waals surface area contributed by atoms with Crippen molar-refractivity contribution in [2.24, 2.45) is 0 Å². The van der Waals surface area contributed by atoms with Crippen molar-refractivity contribution in [1.82, 2.24) is 4.98 Å². The van der Waals surface area contributed by atoms with E-state index in [-0.39, 0.29) is 44.8 Å². The zero-order valence-corrected chi connectivity index (χ0v) is 44.4. The predicted octanol–water partition coefficient (Wildman–Crippen LogP) is 1.49. The molecule has 0 atom stereocenters. The standard InChI is InChI=1S/C18H15P.2C14H14P.C5H5N.2Au.2ClHO4/c1-4-10-16(11-5-1)19(17-12-6-2-7-13-17)18-14-8-3-9-15-18;2*1-15(2,13-9-5-3-6-10-13)14-11-7-4-8-12-14;1-2-4-6-5-3-1;;;2*2-1(3,4)5/h1-15H;2*3-12H,1-2H2;1-5H;;;2*(H,2,3,4,5)/q;2*-1;;;;;/p-2. The van der Waals surface area contributed by atoms with Crippen molar-refractivity contribution >= 4 is 59.6 Å². The summed E-state index contributed by atoms with van der Waals surface area (Å²) < 4.78 is 67.9. The number of hydrogen-bond acceptors (Lipinski definition) is 9. The molecule has 7 aromatic carbocycles. The third-order valence-corrected chi connectivity index (χ3v) is 16.2. The molecule has 0 unspecified atom stereocenters. The molecule has 0 aliphatic carbocycles. The Kier molecular flexibility index (Phi) is 30.0. The summed E-state index contributed by atoms with van der Waals surface area (Å²) in [6.45, 7) is 17.2. The van der Waals surface area contributed by atoms with Crippen molar-refractivity contribution in [3.05, 3.63) is 270 Å². The van der Waals surface area contributed by atoms with E-state index in [1.54, 1.807) is 12.4 Å². The Morgan fingerprint density at radius 2 is 0.463 bits per heavy atom. The van der Waals surface area contributed by atoms with Crippen molar-refractivity contribution in [1.29, 1.82) is 0 Å². The van der Waals surface area contributed by atoms with Gasteiger partial charge in [-0.05, 0) is 84.5 Å². The second kappa shape index (κ2) is 32.5. The summed E-state index contributed by atoms with van der Waals surface area (Å²) in [5, 5.41) is 9.18. The fraction of sp³-hybridized carbons (Fsp3) is 0. The van der Waals surface area contributed by atoms with Crippen LogP contribution >= 0.6 is 22.4 Å². The minimum absolute atomic E-state index is 0. The van der Waals surface area contributed by atoms with Crippen LogP contribution in [0.1, 0.15) is 0 Å². The molecule has 67 heavy (non-hydrogen) atoms. The molecule has 0 spiro atoms. The summed E-state index contributed by atoms with van der Waals surface area (Å²) in [5.41, 5.74) is 0. The fourth-order valence-corrected chi connectivity index (χ4v) is 11.5. The molecule has 0 saturated carbocycles. The van der Waals surface area contributed by atoms with Crippen molar-refractivity contribution in [3.63, 3.8) is 0 Å². The van der Waals surface area contributed by atoms with Gasteiger partial charge in [0.15, 0.2) is 0 Å². The maximum atomic E-state index is 8.49. The first-order chi connectivity index (χ1) is 30.9. The van der Waals surface area contributed by atoms with Gasteiger partial charge in [0.25, 0.3) is 0 Å². The van der Waals surface area contributed by atoms with E-state index in [4.69, 9.17) is 37.3 Å². The normalized spacial score (nSPS) is 10.6. The number of halogens is 2. The molecule has 8 rings (SSSR count). The van der Waals surface area contributed by atoms with Gasteiger partial charge in [0.05, 0.1) is 0 Å². The first-order valence-electron chi connectivity index (χ1n) is 19.3. The van der Waals surface area contributed by atoms with Crippen LogP contribution in [0.4, 0.5) is 0 Å². The SMILES string of the molecule is [Au].[Au].[CH2-][P+]([CH2-])(c1ccccc1)c1ccccc1.[CH2-][P+]([CH2-])(c1ccccc1)c1ccccc1.[O-][Cl+3]([O-])([O-])[O-].[O-][Cl+3]([O-])([O-])[O-].c1ccc(P(c2ccccc2)c2ccccc2)cc1.c1ccncc1. The van der Waals surface area contributed by atoms with Gasteiger partial charge in [-0.25, -0.2) is 37.3 Å². The van der Waals surface area contributed by atoms with Crippen LogP contribution in [-0.4, -0.2) is 4.98 Å². The second-order valence-corrected chi connectivity index (χ2v) is 23.1. The molecule has 1 heterocycles. The predicted molar refractivity (Wildman–Crippen MR) is 249 cm³/mol. The Labute approximate surface area is 433 Å². The van der Waals surface area contributed by atoms with Gasteiger partial charge >= 0.3 is 0 Å². The van der Waals surface area contributed by atoms with Gasteiger partial charge in [-0.1, -0.05) is 170 Å². The van der Waals surface area contributed by atoms with Crippen LogP contribution in [0.5, 0.6) is 0 Å². The molecule has 0 fully saturated rings. The molecule has 0 aliphatic heterocycles. The number of rotatable bonds is 7. The first kappa shape index (κ1) is 61.7. The van der Waals surface area contributed by atoms with E-state index in [9.17, 15) is 0 Å². The summed E-state index contributed by atoms with van der Waals surface area (Å²) in [6, 6.07) is 79.4. The number of aromatic nitrogens is 1. The van der Waals surface area contributed by atoms with Gasteiger partial charge < -0.3 is 0 Å². The van der Waals surface area contributed by atoms with E-state index in [1.165, 1.54) is 37.1 Å².